The number of nitrogens with one attached hydrogen (secondary N) is 2. The Morgan fingerprint density at radius 1 is 0.769 bits per heavy atom. The summed E-state index contributed by atoms with van der Waals surface area (Å²) in [5, 5.41) is 34.5. The molecule has 5 heterocycles. The number of carbonyl (C=O) groups is 2. The number of esters is 2. The number of nitrogens with zero attached hydrogens (tertiary/aromatic N) is 13. The van der Waals surface area contributed by atoms with Gasteiger partial charge in [0, 0.05) is 0 Å². The summed E-state index contributed by atoms with van der Waals surface area (Å²) in [4.78, 5) is 39.4. The maximum absolute atomic E-state index is 12.8. The molecule has 1 unspecified atom stereocenters. The van der Waals surface area contributed by atoms with Gasteiger partial charge in [-0.1, -0.05) is 25.1 Å². The van der Waals surface area contributed by atoms with Crippen LogP contribution in [0.3, 0.4) is 0 Å². The summed E-state index contributed by atoms with van der Waals surface area (Å²) in [6.07, 6.45) is 6.42. The summed E-state index contributed by atoms with van der Waals surface area (Å²) in [7, 11) is 4.02. The molecule has 22 nitrogen and oxygen atoms in total. The molecule has 0 aliphatic carbocycles. The maximum atomic E-state index is 12.8. The number of hydrogen-bond donors (Lipinski definition) is 4. The van der Waals surface area contributed by atoms with Crippen LogP contribution in [0, 0.1) is 3.70 Å². The van der Waals surface area contributed by atoms with Crippen molar-refractivity contribution >= 4 is 69.2 Å². The molecule has 7 aromatic rings. The van der Waals surface area contributed by atoms with E-state index < -0.39 is 33.1 Å². The number of ether oxygens (including phenoxy) is 3. The van der Waals surface area contributed by atoms with Crippen LogP contribution >= 0.6 is 22.6 Å². The first-order valence-electron chi connectivity index (χ1n) is 20.3. The fourth-order valence-electron chi connectivity index (χ4n) is 6.32. The number of nitrogen functional groups attached to an aromatic ring is 2. The van der Waals surface area contributed by atoms with Gasteiger partial charge in [-0.15, -0.1) is 0 Å². The van der Waals surface area contributed by atoms with Gasteiger partial charge in [0.1, 0.15) is 5.56 Å². The molecule has 0 bridgehead atoms. The van der Waals surface area contributed by atoms with Gasteiger partial charge in [-0.25, -0.2) is 9.48 Å². The summed E-state index contributed by atoms with van der Waals surface area (Å²) in [6.45, 7) is 4.32. The second-order valence-electron chi connectivity index (χ2n) is 13.8. The first kappa shape index (κ1) is 46.3. The van der Waals surface area contributed by atoms with Crippen LogP contribution in [0.4, 0.5) is 34.6 Å². The Bertz CT molecular complexity index is 2790. The van der Waals surface area contributed by atoms with Gasteiger partial charge >= 0.3 is 318 Å². The van der Waals surface area contributed by atoms with Crippen molar-refractivity contribution in [3.05, 3.63) is 93.6 Å². The average Bonchev–Trinajstić information content (AvgIpc) is 4.12. The van der Waals surface area contributed by atoms with E-state index in [4.69, 9.17) is 40.9 Å². The van der Waals surface area contributed by atoms with Gasteiger partial charge in [0.2, 0.25) is 0 Å². The average molecular weight is 1110 g/mol. The molecular formula is C41H46I2N17O5-. The molecule has 5 aromatic heterocycles. The third-order valence-corrected chi connectivity index (χ3v) is 13.6. The second-order valence-corrected chi connectivity index (χ2v) is 18.2. The molecule has 65 heavy (non-hydrogen) atoms. The number of para-hydroxylation sites is 2. The molecule has 24 heteroatoms. The molecule has 0 aliphatic rings. The Kier molecular flexibility index (Phi) is 15.2. The monoisotopic (exact) mass is 1110 g/mol. The zero-order chi connectivity index (χ0) is 46.0. The topological polar surface area (TPSA) is 273 Å². The van der Waals surface area contributed by atoms with Crippen molar-refractivity contribution in [1.82, 2.24) is 54.1 Å². The summed E-state index contributed by atoms with van der Waals surface area (Å²) in [6, 6.07) is 18.5. The van der Waals surface area contributed by atoms with Gasteiger partial charge in [0.15, 0.2) is 0 Å². The Hall–Kier alpha value is -6.71. The van der Waals surface area contributed by atoms with Crippen LogP contribution < -0.4 is 48.0 Å². The Labute approximate surface area is 397 Å². The number of anilines is 4. The Balaban J connectivity index is 1.27. The van der Waals surface area contributed by atoms with Gasteiger partial charge in [0.05, 0.1) is 19.0 Å². The van der Waals surface area contributed by atoms with Crippen LogP contribution in [0.25, 0.3) is 23.3 Å². The molecule has 0 aliphatic heterocycles. The SMILES string of the molecule is CCCC[I-]c1nn(-c2nc(OC)nc(-n3nc(C(I)CCC)c(N=Nc4c(C(=O)OC)cnn4-c4ccccc4)c3N)n2)c(N)c1NCNc1c(C(=O)OC)cnn1-c1ccccc1. The van der Waals surface area contributed by atoms with Crippen molar-refractivity contribution in [2.45, 2.75) is 43.5 Å². The van der Waals surface area contributed by atoms with Gasteiger partial charge in [0.25, 0.3) is 0 Å². The van der Waals surface area contributed by atoms with Crippen LogP contribution in [0.2, 0.25) is 0 Å². The number of rotatable bonds is 20. The third-order valence-electron chi connectivity index (χ3n) is 9.59. The van der Waals surface area contributed by atoms with Crippen molar-refractivity contribution in [2.24, 2.45) is 10.2 Å². The number of hydrogen-bond acceptors (Lipinski definition) is 18. The summed E-state index contributed by atoms with van der Waals surface area (Å²) >= 11 is 1.65. The number of halogens is 2. The van der Waals surface area contributed by atoms with E-state index in [9.17, 15) is 9.59 Å². The number of carbonyl (C=O) groups excluding carboxylic acids is 2. The predicted molar refractivity (Wildman–Crippen MR) is 246 cm³/mol. The standard InChI is InChI=1S/C41H46I2N17O5/c1-6-8-20-43-32-31(46-23-47-35-26(37(61)63-3)21-48-57(35)24-16-11-9-12-17-24)34(45)60(56-32)40-50-39(51-41(52-40)65-5)59-33(44)30(29(55-59)28(42)15-7-2)53-54-36-27(38(62)64-4)22-49-58(36)25-18-13-10-14-19-25/h9-14,16-19,21-22,28,46-47H,6-8,15,20,23,44-45H2,1-5H3/q-1. The first-order chi connectivity index (χ1) is 31.6. The molecular weight excluding hydrogens is 1060 g/mol. The van der Waals surface area contributed by atoms with Crippen molar-refractivity contribution in [3.63, 3.8) is 0 Å². The van der Waals surface area contributed by atoms with Gasteiger partial charge in [-0.2, -0.15) is 5.10 Å². The van der Waals surface area contributed by atoms with E-state index in [2.05, 4.69) is 77.5 Å². The van der Waals surface area contributed by atoms with E-state index in [0.29, 0.717) is 22.9 Å². The van der Waals surface area contributed by atoms with Crippen molar-refractivity contribution in [1.29, 1.82) is 0 Å². The van der Waals surface area contributed by atoms with Crippen molar-refractivity contribution in [3.8, 4) is 29.3 Å². The number of methoxy groups -OCH3 is 3. The number of alkyl halides is 2. The Morgan fingerprint density at radius 3 is 2.02 bits per heavy atom. The molecule has 0 radical (unpaired) electrons. The van der Waals surface area contributed by atoms with Crippen LogP contribution in [0.5, 0.6) is 6.01 Å². The van der Waals surface area contributed by atoms with Crippen molar-refractivity contribution < 1.29 is 45.0 Å². The zero-order valence-corrected chi connectivity index (χ0v) is 40.3. The minimum atomic E-state index is -0.640. The Morgan fingerprint density at radius 2 is 1.38 bits per heavy atom. The van der Waals surface area contributed by atoms with E-state index in [1.54, 1.807) is 4.68 Å². The number of azo groups is 1. The summed E-state index contributed by atoms with van der Waals surface area (Å²) < 4.78 is 23.0. The molecule has 340 valence electrons. The minimum absolute atomic E-state index is 0.00505. The molecule has 0 amide bonds. The third kappa shape index (κ3) is 10.0. The van der Waals surface area contributed by atoms with Crippen LogP contribution in [0.1, 0.15) is 69.9 Å². The molecule has 0 saturated carbocycles. The molecule has 1 atom stereocenters. The van der Waals surface area contributed by atoms with Gasteiger partial charge in [-0.3, -0.25) is 0 Å². The van der Waals surface area contributed by atoms with E-state index in [1.807, 2.05) is 60.7 Å². The van der Waals surface area contributed by atoms with Crippen LogP contribution in [0.15, 0.2) is 83.3 Å². The zero-order valence-electron chi connectivity index (χ0n) is 36.0. The number of nitrogens with two attached hydrogens (primary N) is 2. The predicted octanol–water partition coefficient (Wildman–Crippen LogP) is 3.59. The second kappa shape index (κ2) is 21.3. The van der Waals surface area contributed by atoms with Crippen LogP contribution in [-0.4, -0.2) is 98.4 Å². The summed E-state index contributed by atoms with van der Waals surface area (Å²) in [5.74, 6) is -0.330. The molecule has 7 rings (SSSR count). The molecule has 6 N–H and O–H groups in total. The van der Waals surface area contributed by atoms with E-state index >= 15 is 0 Å². The fraction of sp³-hybridized carbons (Fsp3) is 0.293. The van der Waals surface area contributed by atoms with E-state index in [-0.39, 0.29) is 62.8 Å². The van der Waals surface area contributed by atoms with Gasteiger partial charge < -0.3 is 4.74 Å². The molecule has 0 saturated heterocycles. The van der Waals surface area contributed by atoms with Crippen LogP contribution in [-0.2, 0) is 9.47 Å². The molecule has 2 aromatic carbocycles. The number of unbranched alkanes of at least 4 members (excludes halogenated alkanes) is 1. The van der Waals surface area contributed by atoms with Crippen molar-refractivity contribution in [2.75, 3.05) is 54.5 Å². The quantitative estimate of drug-likeness (QED) is 0.0212. The van der Waals surface area contributed by atoms with Gasteiger partial charge in [-0.05, 0) is 12.1 Å². The normalized spacial score (nSPS) is 11.8. The number of benzene rings is 2. The summed E-state index contributed by atoms with van der Waals surface area (Å²) in [5.41, 5.74) is 16.8. The molecule has 0 fully saturated rings. The van der Waals surface area contributed by atoms with E-state index in [1.165, 1.54) is 47.8 Å². The first-order valence-corrected chi connectivity index (χ1v) is 24.1. The van der Waals surface area contributed by atoms with E-state index in [0.717, 1.165) is 39.5 Å². The molecule has 0 spiro atoms. The fourth-order valence-corrected chi connectivity index (χ4v) is 10.2. The number of aromatic nitrogens is 11.